The molecule has 0 amide bonds. The fourth-order valence-corrected chi connectivity index (χ4v) is 6.91. The molecular weight excluding hydrogens is 494 g/mol. The van der Waals surface area contributed by atoms with Crippen LogP contribution in [-0.2, 0) is 16.6 Å². The SMILES string of the molecule is C[C@H](Oc1cc(-n2cncc3ccnc2-3)nc(-c2noc3c2CCC[C@@]32CCCCC2=O)n1)[C@@H]1CCCN1C. The van der Waals surface area contributed by atoms with Crippen LogP contribution >= 0.6 is 0 Å². The van der Waals surface area contributed by atoms with Gasteiger partial charge < -0.3 is 9.26 Å². The first-order valence-electron chi connectivity index (χ1n) is 14.1. The molecule has 0 N–H and O–H groups in total. The Balaban J connectivity index is 1.33. The van der Waals surface area contributed by atoms with Crippen LogP contribution in [0.4, 0.5) is 0 Å². The molecule has 202 valence electrons. The van der Waals surface area contributed by atoms with Crippen LogP contribution in [0.1, 0.15) is 69.6 Å². The normalized spacial score (nSPS) is 24.4. The maximum Gasteiger partial charge on any atom is 0.219 e. The molecule has 2 fully saturated rings. The molecule has 1 saturated carbocycles. The van der Waals surface area contributed by atoms with Gasteiger partial charge in [0.1, 0.15) is 29.9 Å². The highest BCUT2D eigenvalue weighted by Gasteiger charge is 2.48. The topological polar surface area (TPSA) is 112 Å². The fraction of sp³-hybridized carbons (Fsp3) is 0.517. The standard InChI is InChI=1S/C29H33N7O3/c1-18(21-8-6-14-35(21)2)38-24-15-23(36-17-30-16-19-10-13-31-28(19)36)32-27(33-24)25-20-7-5-12-29(26(20)39-34-25)11-4-3-9-22(29)37/h10,13,15-18,21H,3-9,11-12,14H2,1-2H3/t18-,21-,29+/m0/s1. The zero-order valence-corrected chi connectivity index (χ0v) is 22.5. The van der Waals surface area contributed by atoms with Gasteiger partial charge in [-0.2, -0.15) is 4.98 Å². The number of Topliss-reactive ketones (excluding diaryl/α,β-unsaturated/α-hetero) is 1. The van der Waals surface area contributed by atoms with Crippen LogP contribution < -0.4 is 4.74 Å². The van der Waals surface area contributed by atoms with Crippen molar-refractivity contribution >= 4 is 5.78 Å². The minimum atomic E-state index is -0.556. The van der Waals surface area contributed by atoms with E-state index in [4.69, 9.17) is 19.2 Å². The quantitative estimate of drug-likeness (QED) is 0.373. The van der Waals surface area contributed by atoms with Crippen LogP contribution in [0.5, 0.6) is 5.88 Å². The van der Waals surface area contributed by atoms with Crippen LogP contribution in [0.15, 0.2) is 35.4 Å². The molecule has 0 radical (unpaired) electrons. The minimum absolute atomic E-state index is 0.0570. The van der Waals surface area contributed by atoms with E-state index in [1.165, 1.54) is 0 Å². The van der Waals surface area contributed by atoms with Gasteiger partial charge in [-0.15, -0.1) is 0 Å². The highest BCUT2D eigenvalue weighted by molar-refractivity contribution is 5.91. The monoisotopic (exact) mass is 527 g/mol. The largest absolute Gasteiger partial charge is 0.473 e. The summed E-state index contributed by atoms with van der Waals surface area (Å²) in [6.07, 6.45) is 13.4. The van der Waals surface area contributed by atoms with Gasteiger partial charge in [0.25, 0.3) is 0 Å². The number of likely N-dealkylation sites (N-methyl/N-ethyl adjacent to an activating group) is 1. The van der Waals surface area contributed by atoms with Crippen molar-refractivity contribution in [2.24, 2.45) is 0 Å². The van der Waals surface area contributed by atoms with Crippen LogP contribution in [0.2, 0.25) is 0 Å². The van der Waals surface area contributed by atoms with Crippen LogP contribution in [0, 0.1) is 0 Å². The van der Waals surface area contributed by atoms with E-state index >= 15 is 0 Å². The molecule has 1 spiro atoms. The Bertz CT molecular complexity index is 1500. The van der Waals surface area contributed by atoms with Gasteiger partial charge in [-0.25, -0.2) is 15.0 Å². The van der Waals surface area contributed by atoms with E-state index in [-0.39, 0.29) is 11.9 Å². The lowest BCUT2D eigenvalue weighted by molar-refractivity contribution is -0.128. The van der Waals surface area contributed by atoms with Crippen molar-refractivity contribution in [2.75, 3.05) is 13.6 Å². The zero-order chi connectivity index (χ0) is 26.6. The van der Waals surface area contributed by atoms with E-state index in [9.17, 15) is 4.79 Å². The lowest BCUT2D eigenvalue weighted by Crippen LogP contribution is -2.41. The van der Waals surface area contributed by atoms with Gasteiger partial charge in [0, 0.05) is 42.0 Å². The minimum Gasteiger partial charge on any atom is -0.473 e. The Kier molecular flexibility index (Phi) is 5.95. The highest BCUT2D eigenvalue weighted by atomic mass is 16.5. The summed E-state index contributed by atoms with van der Waals surface area (Å²) in [5, 5.41) is 4.49. The summed E-state index contributed by atoms with van der Waals surface area (Å²) >= 11 is 0. The fourth-order valence-electron chi connectivity index (χ4n) is 6.91. The van der Waals surface area contributed by atoms with Gasteiger partial charge >= 0.3 is 0 Å². The number of nitrogens with zero attached hydrogens (tertiary/aromatic N) is 7. The summed E-state index contributed by atoms with van der Waals surface area (Å²) in [7, 11) is 2.14. The summed E-state index contributed by atoms with van der Waals surface area (Å²) in [6.45, 7) is 3.16. The van der Waals surface area contributed by atoms with Crippen LogP contribution in [0.25, 0.3) is 28.7 Å². The Morgan fingerprint density at radius 3 is 2.90 bits per heavy atom. The number of ketones is 1. The Hall–Kier alpha value is -3.66. The summed E-state index contributed by atoms with van der Waals surface area (Å²) in [4.78, 5) is 34.2. The number of carbonyl (C=O) groups excluding carboxylic acids is 1. The molecule has 10 nitrogen and oxygen atoms in total. The van der Waals surface area contributed by atoms with E-state index in [2.05, 4.69) is 34.0 Å². The number of hydrogen-bond acceptors (Lipinski definition) is 9. The molecule has 0 bridgehead atoms. The summed E-state index contributed by atoms with van der Waals surface area (Å²) in [5.41, 5.74) is 1.91. The predicted octanol–water partition coefficient (Wildman–Crippen LogP) is 4.40. The third kappa shape index (κ3) is 4.04. The zero-order valence-electron chi connectivity index (χ0n) is 22.5. The van der Waals surface area contributed by atoms with Crippen molar-refractivity contribution in [2.45, 2.75) is 82.3 Å². The predicted molar refractivity (Wildman–Crippen MR) is 143 cm³/mol. The molecule has 3 atom stereocenters. The number of rotatable bonds is 5. The maximum absolute atomic E-state index is 13.2. The number of aromatic nitrogens is 6. The smallest absolute Gasteiger partial charge is 0.219 e. The Labute approximate surface area is 227 Å². The average molecular weight is 528 g/mol. The van der Waals surface area contributed by atoms with E-state index in [0.29, 0.717) is 35.7 Å². The van der Waals surface area contributed by atoms with E-state index in [0.717, 1.165) is 80.6 Å². The summed E-state index contributed by atoms with van der Waals surface area (Å²) < 4.78 is 14.3. The van der Waals surface area contributed by atoms with Crippen molar-refractivity contribution < 1.29 is 14.1 Å². The first-order valence-corrected chi connectivity index (χ1v) is 14.1. The van der Waals surface area contributed by atoms with Crippen LogP contribution in [-0.4, -0.2) is 66.1 Å². The molecule has 7 rings (SSSR count). The van der Waals surface area contributed by atoms with Gasteiger partial charge in [-0.05, 0) is 71.5 Å². The second kappa shape index (κ2) is 9.51. The molecule has 2 aromatic heterocycles. The first kappa shape index (κ1) is 24.4. The van der Waals surface area contributed by atoms with Crippen molar-refractivity contribution in [1.82, 2.24) is 34.6 Å². The highest BCUT2D eigenvalue weighted by Crippen LogP contribution is 2.47. The molecular formula is C29H33N7O3. The third-order valence-electron chi connectivity index (χ3n) is 8.95. The number of likely N-dealkylation sites (tertiary alicyclic amines) is 1. The lowest BCUT2D eigenvalue weighted by atomic mass is 9.64. The van der Waals surface area contributed by atoms with E-state index < -0.39 is 5.41 Å². The number of ether oxygens (including phenoxy) is 1. The second-order valence-electron chi connectivity index (χ2n) is 11.3. The molecule has 2 aromatic rings. The maximum atomic E-state index is 13.2. The molecule has 5 aliphatic rings. The first-order chi connectivity index (χ1) is 19.0. The Morgan fingerprint density at radius 1 is 1.15 bits per heavy atom. The molecule has 0 aromatic carbocycles. The van der Waals surface area contributed by atoms with Gasteiger partial charge in [-0.3, -0.25) is 14.3 Å². The molecule has 2 aliphatic carbocycles. The van der Waals surface area contributed by atoms with Crippen molar-refractivity contribution in [1.29, 1.82) is 0 Å². The molecule has 1 saturated heterocycles. The van der Waals surface area contributed by atoms with Crippen molar-refractivity contribution in [3.05, 3.63) is 42.2 Å². The number of fused-ring (bicyclic) bond motifs is 3. The molecule has 10 heteroatoms. The van der Waals surface area contributed by atoms with Crippen LogP contribution in [0.3, 0.4) is 0 Å². The molecule has 0 unspecified atom stereocenters. The Morgan fingerprint density at radius 2 is 2.05 bits per heavy atom. The van der Waals surface area contributed by atoms with Crippen molar-refractivity contribution in [3.8, 4) is 34.6 Å². The molecule has 5 heterocycles. The van der Waals surface area contributed by atoms with Gasteiger partial charge in [-0.1, -0.05) is 11.6 Å². The summed E-state index contributed by atoms with van der Waals surface area (Å²) in [5.74, 6) is 3.24. The van der Waals surface area contributed by atoms with Gasteiger partial charge in [0.2, 0.25) is 5.88 Å². The third-order valence-corrected chi connectivity index (χ3v) is 8.95. The number of carbonyl (C=O) groups is 1. The van der Waals surface area contributed by atoms with Gasteiger partial charge in [0.15, 0.2) is 17.3 Å². The lowest BCUT2D eigenvalue weighted by Gasteiger charge is -2.36. The molecule has 3 aliphatic heterocycles. The van der Waals surface area contributed by atoms with E-state index in [1.54, 1.807) is 18.7 Å². The van der Waals surface area contributed by atoms with E-state index in [1.807, 2.05) is 16.7 Å². The number of hydrogen-bond donors (Lipinski definition) is 0. The van der Waals surface area contributed by atoms with Crippen molar-refractivity contribution in [3.63, 3.8) is 0 Å². The summed E-state index contributed by atoms with van der Waals surface area (Å²) in [6, 6.07) is 4.08. The van der Waals surface area contributed by atoms with Gasteiger partial charge in [0.05, 0.1) is 5.41 Å². The second-order valence-corrected chi connectivity index (χ2v) is 11.3. The average Bonchev–Trinajstić information content (AvgIpc) is 3.70. The molecule has 39 heavy (non-hydrogen) atoms.